The van der Waals surface area contributed by atoms with Crippen LogP contribution in [-0.2, 0) is 62.2 Å². The summed E-state index contributed by atoms with van der Waals surface area (Å²) in [5, 5.41) is 32.1. The van der Waals surface area contributed by atoms with E-state index < -0.39 is 99.5 Å². The van der Waals surface area contributed by atoms with E-state index in [0.29, 0.717) is 35.7 Å². The number of carbonyl (C=O) groups is 7. The minimum atomic E-state index is -4.21. The molecule has 24 nitrogen and oxygen atoms in total. The van der Waals surface area contributed by atoms with Crippen molar-refractivity contribution >= 4 is 103 Å². The van der Waals surface area contributed by atoms with E-state index in [1.54, 1.807) is 50.5 Å². The monoisotopic (exact) mass is 1250 g/mol. The number of likely N-dealkylation sites (tertiary alicyclic amines) is 1. The van der Waals surface area contributed by atoms with Gasteiger partial charge in [-0.25, -0.2) is 32.6 Å². The van der Waals surface area contributed by atoms with E-state index in [0.717, 1.165) is 29.3 Å². The Bertz CT molecular complexity index is 3890. The number of carbonyl (C=O) groups excluding carboxylic acids is 7. The average Bonchev–Trinajstić information content (AvgIpc) is 1.41. The van der Waals surface area contributed by atoms with Gasteiger partial charge in [0.2, 0.25) is 17.4 Å². The molecule has 0 radical (unpaired) electrons. The zero-order valence-electron chi connectivity index (χ0n) is 49.3. The first kappa shape index (κ1) is 65.5. The Balaban J connectivity index is 0.0000100. The molecule has 5 heterocycles. The van der Waals surface area contributed by atoms with Gasteiger partial charge in [-0.15, -0.1) is 0 Å². The number of fused-ring (bicyclic) bond motifs is 5. The molecule has 4 aromatic carbocycles. The van der Waals surface area contributed by atoms with Crippen molar-refractivity contribution in [2.75, 3.05) is 33.8 Å². The molecule has 8 N–H and O–H groups in total. The van der Waals surface area contributed by atoms with Crippen LogP contribution in [0.3, 0.4) is 0 Å². The largest absolute Gasteiger partial charge is 1.00 e. The molecule has 0 aliphatic carbocycles. The number of para-hydroxylation sites is 1. The Hall–Kier alpha value is -8.43. The van der Waals surface area contributed by atoms with Crippen molar-refractivity contribution in [1.29, 1.82) is 0 Å². The standard InChI is InChI=1S/C61H67N11O13S2.Na/c1-6-8-25-62-58(80)65-41-16-12-18-43(29-41)87(82,83)70-42-17-11-15-37(28-42)47(31-50(73)74)68-59(81)64-39-21-23-40(24-22-39)66-60(86)63-35(5)54(76)71-26-13-20-48(71)53(75)69-51(34(3)4)56(78)85-61(7-2)45-30-49-52-38(27-36-14-9-10-19-46(36)67-52)32-72(49)55(77)44(45)33-84-57(61)79;/h9-12,14-19,21-24,27-30,34-35,47-48,51,70H,6-8,13,20,25-26,31-33H2,1-5H3,(H,69,75)(H,73,74)(H2,62,65,80)(H2,63,66,86)(H2,64,68,81);/q;+1/p-1/t35-,47?,48-,51-,61-;/m0./s1. The van der Waals surface area contributed by atoms with Crippen molar-refractivity contribution in [3.05, 3.63) is 142 Å². The van der Waals surface area contributed by atoms with Crippen LogP contribution in [0.5, 0.6) is 0 Å². The number of sulfonamides is 1. The van der Waals surface area contributed by atoms with Gasteiger partial charge in [-0.1, -0.05) is 70.5 Å². The fourth-order valence-electron chi connectivity index (χ4n) is 10.8. The zero-order valence-corrected chi connectivity index (χ0v) is 52.9. The van der Waals surface area contributed by atoms with Gasteiger partial charge in [0.25, 0.3) is 15.6 Å². The first-order chi connectivity index (χ1) is 41.6. The van der Waals surface area contributed by atoms with Gasteiger partial charge in [-0.3, -0.25) is 19.1 Å². The number of ether oxygens (including phenoxy) is 2. The number of pyridine rings is 2. The summed E-state index contributed by atoms with van der Waals surface area (Å²) in [6, 6.07) is 23.3. The number of rotatable bonds is 21. The summed E-state index contributed by atoms with van der Waals surface area (Å²) in [6.45, 7) is 9.21. The fraction of sp³-hybridized carbons (Fsp3) is 0.344. The number of benzene rings is 4. The molecule has 456 valence electrons. The smallest absolute Gasteiger partial charge is 0.550 e. The molecule has 88 heavy (non-hydrogen) atoms. The summed E-state index contributed by atoms with van der Waals surface area (Å²) in [5.74, 6) is -4.90. The van der Waals surface area contributed by atoms with Gasteiger partial charge in [-0.05, 0) is 129 Å². The van der Waals surface area contributed by atoms with E-state index >= 15 is 0 Å². The molecule has 27 heteroatoms. The van der Waals surface area contributed by atoms with Crippen LogP contribution in [-0.4, -0.2) is 101 Å². The van der Waals surface area contributed by atoms with Gasteiger partial charge >= 0.3 is 53.6 Å². The second-order valence-electron chi connectivity index (χ2n) is 21.7. The molecule has 0 bridgehead atoms. The molecule has 0 spiro atoms. The molecular weight excluding hydrogens is 1180 g/mol. The van der Waals surface area contributed by atoms with E-state index in [1.165, 1.54) is 65.6 Å². The predicted octanol–water partition coefficient (Wildman–Crippen LogP) is 2.87. The van der Waals surface area contributed by atoms with E-state index in [-0.39, 0.29) is 100 Å². The molecule has 0 saturated carbocycles. The number of nitrogens with one attached hydrogen (secondary N) is 8. The Morgan fingerprint density at radius 3 is 2.25 bits per heavy atom. The number of amides is 6. The van der Waals surface area contributed by atoms with Crippen LogP contribution in [0.1, 0.15) is 101 Å². The molecule has 6 amide bonds. The van der Waals surface area contributed by atoms with Crippen molar-refractivity contribution in [3.8, 4) is 11.4 Å². The summed E-state index contributed by atoms with van der Waals surface area (Å²) in [7, 11) is -4.21. The van der Waals surface area contributed by atoms with Crippen LogP contribution >= 0.6 is 12.2 Å². The molecular formula is C61H66N11NaO13S2. The second-order valence-corrected chi connectivity index (χ2v) is 23.8. The fourth-order valence-corrected chi connectivity index (χ4v) is 12.1. The molecule has 5 atom stereocenters. The molecule has 1 saturated heterocycles. The van der Waals surface area contributed by atoms with Crippen LogP contribution in [0.2, 0.25) is 0 Å². The van der Waals surface area contributed by atoms with Gasteiger partial charge in [0, 0.05) is 64.7 Å². The van der Waals surface area contributed by atoms with Crippen LogP contribution in [0.4, 0.5) is 32.3 Å². The van der Waals surface area contributed by atoms with Crippen molar-refractivity contribution in [3.63, 3.8) is 0 Å². The normalized spacial score (nSPS) is 16.6. The summed E-state index contributed by atoms with van der Waals surface area (Å²) in [6.07, 6.45) is 1.67. The molecule has 3 aliphatic rings. The summed E-state index contributed by atoms with van der Waals surface area (Å²) in [5.41, 5.74) is 1.81. The SMILES string of the molecule is CCCCNC(=O)Nc1cccc(S(=O)(=O)Nc2cccc(C(CC(=O)[O-])NC(=O)Nc3ccc(NC(=S)N[C@@H](C)C(=O)N4CCC[C@H]4C(=O)N[C@H](C(=O)O[C@]4(CC)C(=O)OCc5c4cc4n(c5=O)Cc5cc6ccccc6nc5-4)C(C)C)cc3)c2)c1.[Na+]. The predicted molar refractivity (Wildman–Crippen MR) is 325 cm³/mol. The Morgan fingerprint density at radius 1 is 0.830 bits per heavy atom. The third-order valence-corrected chi connectivity index (χ3v) is 16.9. The number of aliphatic carboxylic acids is 1. The van der Waals surface area contributed by atoms with Crippen LogP contribution in [0.15, 0.2) is 119 Å². The van der Waals surface area contributed by atoms with Gasteiger partial charge in [-0.2, -0.15) is 0 Å². The number of unbranched alkanes of at least 4 members (excludes halogenated alkanes) is 1. The molecule has 3 aliphatic heterocycles. The van der Waals surface area contributed by atoms with E-state index in [1.807, 2.05) is 37.3 Å². The molecule has 9 rings (SSSR count). The Kier molecular flexibility index (Phi) is 21.0. The van der Waals surface area contributed by atoms with Crippen molar-refractivity contribution in [2.24, 2.45) is 5.92 Å². The topological polar surface area (TPSA) is 330 Å². The molecule has 6 aromatic rings. The Morgan fingerprint density at radius 2 is 1.53 bits per heavy atom. The van der Waals surface area contributed by atoms with Gasteiger partial charge in [0.05, 0.1) is 40.0 Å². The van der Waals surface area contributed by atoms with Gasteiger partial charge in [0.15, 0.2) is 5.11 Å². The third kappa shape index (κ3) is 14.8. The molecule has 1 unspecified atom stereocenters. The zero-order chi connectivity index (χ0) is 62.3. The number of thiocarbonyl (C=S) groups is 1. The first-order valence-corrected chi connectivity index (χ1v) is 30.4. The van der Waals surface area contributed by atoms with Crippen LogP contribution in [0, 0.1) is 5.92 Å². The van der Waals surface area contributed by atoms with E-state index in [4.69, 9.17) is 26.7 Å². The maximum atomic E-state index is 14.4. The number of urea groups is 2. The van der Waals surface area contributed by atoms with E-state index in [2.05, 4.69) is 41.9 Å². The average molecular weight is 1250 g/mol. The minimum Gasteiger partial charge on any atom is -0.550 e. The number of esters is 2. The second kappa shape index (κ2) is 28.2. The quantitative estimate of drug-likeness (QED) is 0.0222. The molecule has 1 fully saturated rings. The molecule has 2 aromatic heterocycles. The maximum Gasteiger partial charge on any atom is 1.00 e. The summed E-state index contributed by atoms with van der Waals surface area (Å²) in [4.78, 5) is 114. The maximum absolute atomic E-state index is 14.4. The minimum absolute atomic E-state index is 0. The van der Waals surface area contributed by atoms with Gasteiger partial charge in [0.1, 0.15) is 24.7 Å². The first-order valence-electron chi connectivity index (χ1n) is 28.5. The van der Waals surface area contributed by atoms with Crippen LogP contribution in [0.25, 0.3) is 22.3 Å². The number of hydrogen-bond acceptors (Lipinski definition) is 15. The van der Waals surface area contributed by atoms with Gasteiger partial charge < -0.3 is 66.1 Å². The van der Waals surface area contributed by atoms with Crippen molar-refractivity contribution in [2.45, 2.75) is 121 Å². The Labute approximate surface area is 535 Å². The number of hydrogen-bond donors (Lipinski definition) is 8. The number of anilines is 4. The number of nitrogens with zero attached hydrogens (tertiary/aromatic N) is 3. The number of cyclic esters (lactones) is 1. The number of aromatic nitrogens is 2. The summed E-state index contributed by atoms with van der Waals surface area (Å²) >= 11 is 5.55. The van der Waals surface area contributed by atoms with E-state index in [9.17, 15) is 51.9 Å². The van der Waals surface area contributed by atoms with Crippen LogP contribution < -0.4 is 82.2 Å². The van der Waals surface area contributed by atoms with Crippen molar-refractivity contribution in [1.82, 2.24) is 35.7 Å². The number of carboxylic acids is 1. The third-order valence-electron chi connectivity index (χ3n) is 15.3. The van der Waals surface area contributed by atoms with Crippen molar-refractivity contribution < 1.29 is 86.1 Å². The summed E-state index contributed by atoms with van der Waals surface area (Å²) < 4.78 is 42.6. The number of carboxylic acid groups (broad SMARTS) is 1.